The number of carbonyl (C=O) groups excluding carboxylic acids is 2. The Morgan fingerprint density at radius 3 is 2.95 bits per heavy atom. The number of nitrogens with zero attached hydrogens (tertiary/aromatic N) is 1. The van der Waals surface area contributed by atoms with E-state index < -0.39 is 0 Å². The van der Waals surface area contributed by atoms with Gasteiger partial charge >= 0.3 is 6.03 Å². The second kappa shape index (κ2) is 8.05. The molecule has 0 saturated carbocycles. The van der Waals surface area contributed by atoms with Gasteiger partial charge in [-0.15, -0.1) is 0 Å². The van der Waals surface area contributed by atoms with Crippen LogP contribution in [0.25, 0.3) is 0 Å². The maximum Gasteiger partial charge on any atom is 0.315 e. The first-order chi connectivity index (χ1) is 10.2. The van der Waals surface area contributed by atoms with Crippen LogP contribution in [0, 0.1) is 0 Å². The average molecular weight is 293 g/mol. The minimum absolute atomic E-state index is 0.0920. The normalized spacial score (nSPS) is 21.9. The molecule has 118 valence electrons. The zero-order valence-corrected chi connectivity index (χ0v) is 13.0. The first-order valence-corrected chi connectivity index (χ1v) is 8.19. The fourth-order valence-corrected chi connectivity index (χ4v) is 3.03. The Kier molecular flexibility index (Phi) is 6.08. The molecule has 0 aromatic heterocycles. The molecule has 0 aromatic rings. The predicted molar refractivity (Wildman–Crippen MR) is 83.0 cm³/mol. The largest absolute Gasteiger partial charge is 0.341 e. The molecule has 1 heterocycles. The average Bonchev–Trinajstić information content (AvgIpc) is 2.96. The standard InChI is InChI=1S/C16H27N3O2/c1-2-15(20)19-11-9-14(12-19)18-16(21)17-10-8-13-6-4-3-5-7-13/h6,14H,2-5,7-12H2,1H3,(H2,17,18,21). The first kappa shape index (κ1) is 15.9. The smallest absolute Gasteiger partial charge is 0.315 e. The van der Waals surface area contributed by atoms with Crippen LogP contribution in [0.3, 0.4) is 0 Å². The molecule has 3 amide bonds. The van der Waals surface area contributed by atoms with Crippen LogP contribution in [0.15, 0.2) is 11.6 Å². The zero-order chi connectivity index (χ0) is 15.1. The lowest BCUT2D eigenvalue weighted by atomic mass is 9.97. The highest BCUT2D eigenvalue weighted by atomic mass is 16.2. The lowest BCUT2D eigenvalue weighted by Crippen LogP contribution is -2.44. The molecule has 0 spiro atoms. The van der Waals surface area contributed by atoms with Gasteiger partial charge in [-0.05, 0) is 38.5 Å². The van der Waals surface area contributed by atoms with Crippen LogP contribution in [0.1, 0.15) is 51.9 Å². The molecule has 5 heteroatoms. The van der Waals surface area contributed by atoms with Crippen molar-refractivity contribution in [3.63, 3.8) is 0 Å². The Morgan fingerprint density at radius 1 is 1.38 bits per heavy atom. The minimum atomic E-state index is -0.109. The van der Waals surface area contributed by atoms with Crippen LogP contribution < -0.4 is 10.6 Å². The summed E-state index contributed by atoms with van der Waals surface area (Å²) in [6.07, 6.45) is 9.60. The predicted octanol–water partition coefficient (Wildman–Crippen LogP) is 2.19. The van der Waals surface area contributed by atoms with Crippen LogP contribution in [0.5, 0.6) is 0 Å². The van der Waals surface area contributed by atoms with E-state index in [0.29, 0.717) is 19.5 Å². The number of likely N-dealkylation sites (tertiary alicyclic amines) is 1. The van der Waals surface area contributed by atoms with E-state index >= 15 is 0 Å². The van der Waals surface area contributed by atoms with Crippen molar-refractivity contribution in [2.24, 2.45) is 0 Å². The minimum Gasteiger partial charge on any atom is -0.341 e. The van der Waals surface area contributed by atoms with Crippen molar-refractivity contribution in [1.82, 2.24) is 15.5 Å². The molecular formula is C16H27N3O2. The fraction of sp³-hybridized carbons (Fsp3) is 0.750. The zero-order valence-electron chi connectivity index (χ0n) is 13.0. The monoisotopic (exact) mass is 293 g/mol. The molecule has 1 unspecified atom stereocenters. The van der Waals surface area contributed by atoms with Crippen molar-refractivity contribution < 1.29 is 9.59 Å². The second-order valence-corrected chi connectivity index (χ2v) is 5.94. The number of nitrogens with one attached hydrogen (secondary N) is 2. The van der Waals surface area contributed by atoms with Crippen LogP contribution in [-0.2, 0) is 4.79 Å². The third-order valence-corrected chi connectivity index (χ3v) is 4.30. The van der Waals surface area contributed by atoms with Crippen LogP contribution >= 0.6 is 0 Å². The summed E-state index contributed by atoms with van der Waals surface area (Å²) >= 11 is 0. The van der Waals surface area contributed by atoms with E-state index in [2.05, 4.69) is 16.7 Å². The fourth-order valence-electron chi connectivity index (χ4n) is 3.03. The van der Waals surface area contributed by atoms with E-state index in [1.807, 2.05) is 11.8 Å². The topological polar surface area (TPSA) is 61.4 Å². The van der Waals surface area contributed by atoms with Crippen molar-refractivity contribution in [2.75, 3.05) is 19.6 Å². The number of amides is 3. The van der Waals surface area contributed by atoms with Crippen molar-refractivity contribution >= 4 is 11.9 Å². The molecule has 1 atom stereocenters. The van der Waals surface area contributed by atoms with Crippen LogP contribution in [0.2, 0.25) is 0 Å². The number of allylic oxidation sites excluding steroid dienone is 1. The molecule has 1 aliphatic carbocycles. The molecule has 0 aromatic carbocycles. The summed E-state index contributed by atoms with van der Waals surface area (Å²) in [5.41, 5.74) is 1.47. The molecule has 2 rings (SSSR count). The summed E-state index contributed by atoms with van der Waals surface area (Å²) in [5, 5.41) is 5.88. The Hall–Kier alpha value is -1.52. The van der Waals surface area contributed by atoms with Crippen LogP contribution in [-0.4, -0.2) is 42.5 Å². The third-order valence-electron chi connectivity index (χ3n) is 4.30. The SMILES string of the molecule is CCC(=O)N1CCC(NC(=O)NCCC2=CCCCC2)C1. The van der Waals surface area contributed by atoms with E-state index in [1.54, 1.807) is 0 Å². The molecule has 1 fully saturated rings. The van der Waals surface area contributed by atoms with Gasteiger partial charge in [-0.1, -0.05) is 18.6 Å². The molecule has 1 aliphatic heterocycles. The number of carbonyl (C=O) groups is 2. The van der Waals surface area contributed by atoms with Gasteiger partial charge in [-0.2, -0.15) is 0 Å². The van der Waals surface area contributed by atoms with Gasteiger partial charge in [0.25, 0.3) is 0 Å². The highest BCUT2D eigenvalue weighted by Crippen LogP contribution is 2.19. The molecule has 2 aliphatic rings. The van der Waals surface area contributed by atoms with Crippen molar-refractivity contribution in [3.05, 3.63) is 11.6 Å². The second-order valence-electron chi connectivity index (χ2n) is 5.94. The summed E-state index contributed by atoms with van der Waals surface area (Å²) < 4.78 is 0. The summed E-state index contributed by atoms with van der Waals surface area (Å²) in [4.78, 5) is 25.3. The Labute approximate surface area is 127 Å². The van der Waals surface area contributed by atoms with Gasteiger partial charge in [0.1, 0.15) is 0 Å². The first-order valence-electron chi connectivity index (χ1n) is 8.19. The van der Waals surface area contributed by atoms with Gasteiger partial charge in [0.05, 0.1) is 0 Å². The molecule has 0 bridgehead atoms. The molecule has 21 heavy (non-hydrogen) atoms. The lowest BCUT2D eigenvalue weighted by Gasteiger charge is -2.17. The summed E-state index contributed by atoms with van der Waals surface area (Å²) in [6.45, 7) is 3.97. The van der Waals surface area contributed by atoms with Crippen molar-refractivity contribution in [1.29, 1.82) is 0 Å². The Morgan fingerprint density at radius 2 is 2.24 bits per heavy atom. The van der Waals surface area contributed by atoms with E-state index in [-0.39, 0.29) is 18.0 Å². The van der Waals surface area contributed by atoms with Gasteiger partial charge in [0, 0.05) is 32.1 Å². The number of rotatable bonds is 5. The quantitative estimate of drug-likeness (QED) is 0.763. The molecule has 1 saturated heterocycles. The van der Waals surface area contributed by atoms with Gasteiger partial charge in [-0.25, -0.2) is 4.79 Å². The van der Waals surface area contributed by atoms with Crippen molar-refractivity contribution in [3.8, 4) is 0 Å². The molecule has 5 nitrogen and oxygen atoms in total. The number of hydrogen-bond acceptors (Lipinski definition) is 2. The number of urea groups is 1. The Bertz CT molecular complexity index is 406. The lowest BCUT2D eigenvalue weighted by molar-refractivity contribution is -0.129. The van der Waals surface area contributed by atoms with E-state index in [0.717, 1.165) is 19.4 Å². The number of hydrogen-bond donors (Lipinski definition) is 2. The maximum absolute atomic E-state index is 11.8. The summed E-state index contributed by atoms with van der Waals surface area (Å²) in [5.74, 6) is 0.170. The molecule has 2 N–H and O–H groups in total. The molecule has 0 radical (unpaired) electrons. The third kappa shape index (κ3) is 5.06. The Balaban J connectivity index is 1.61. The highest BCUT2D eigenvalue weighted by Gasteiger charge is 2.26. The highest BCUT2D eigenvalue weighted by molar-refractivity contribution is 5.77. The molecular weight excluding hydrogens is 266 g/mol. The van der Waals surface area contributed by atoms with Crippen LogP contribution in [0.4, 0.5) is 4.79 Å². The van der Waals surface area contributed by atoms with Crippen molar-refractivity contribution in [2.45, 2.75) is 57.9 Å². The maximum atomic E-state index is 11.8. The van der Waals surface area contributed by atoms with Gasteiger partial charge in [0.2, 0.25) is 5.91 Å². The van der Waals surface area contributed by atoms with Gasteiger partial charge < -0.3 is 15.5 Å². The van der Waals surface area contributed by atoms with Gasteiger partial charge in [0.15, 0.2) is 0 Å². The van der Waals surface area contributed by atoms with E-state index in [4.69, 9.17) is 0 Å². The van der Waals surface area contributed by atoms with E-state index in [1.165, 1.54) is 31.3 Å². The van der Waals surface area contributed by atoms with E-state index in [9.17, 15) is 9.59 Å². The summed E-state index contributed by atoms with van der Waals surface area (Å²) in [6, 6.07) is -0.0170. The van der Waals surface area contributed by atoms with Gasteiger partial charge in [-0.3, -0.25) is 4.79 Å². The summed E-state index contributed by atoms with van der Waals surface area (Å²) in [7, 11) is 0.